The van der Waals surface area contributed by atoms with E-state index < -0.39 is 23.9 Å². The molecule has 1 aromatic carbocycles. The van der Waals surface area contributed by atoms with Crippen LogP contribution in [0.25, 0.3) is 17.0 Å². The number of aromatic nitrogens is 5. The normalized spacial score (nSPS) is 14.7. The summed E-state index contributed by atoms with van der Waals surface area (Å²) in [4.78, 5) is 32.5. The summed E-state index contributed by atoms with van der Waals surface area (Å²) in [5, 5.41) is -0.153. The lowest BCUT2D eigenvalue weighted by atomic mass is 10.2. The van der Waals surface area contributed by atoms with Crippen molar-refractivity contribution in [1.29, 1.82) is 0 Å². The molecule has 13 heteroatoms. The molecule has 0 bridgehead atoms. The van der Waals surface area contributed by atoms with Crippen LogP contribution in [0.15, 0.2) is 18.2 Å². The molecule has 0 radical (unpaired) electrons. The molecule has 34 heavy (non-hydrogen) atoms. The van der Waals surface area contributed by atoms with Crippen molar-refractivity contribution in [1.82, 2.24) is 29.4 Å². The summed E-state index contributed by atoms with van der Waals surface area (Å²) >= 11 is 6.16. The van der Waals surface area contributed by atoms with Gasteiger partial charge in [0.25, 0.3) is 6.43 Å². The van der Waals surface area contributed by atoms with Crippen LogP contribution in [-0.2, 0) is 4.74 Å². The van der Waals surface area contributed by atoms with Crippen LogP contribution in [0.5, 0.6) is 5.75 Å². The van der Waals surface area contributed by atoms with Crippen molar-refractivity contribution in [3.05, 3.63) is 29.3 Å². The second-order valence-electron chi connectivity index (χ2n) is 8.59. The van der Waals surface area contributed by atoms with Crippen molar-refractivity contribution in [2.45, 2.75) is 32.8 Å². The number of methoxy groups -OCH3 is 1. The van der Waals surface area contributed by atoms with E-state index in [0.29, 0.717) is 37.4 Å². The molecule has 1 fully saturated rings. The minimum absolute atomic E-state index is 0.0874. The number of carbonyl (C=O) groups is 1. The van der Waals surface area contributed by atoms with E-state index in [9.17, 15) is 13.6 Å². The molecular weight excluding hydrogens is 472 g/mol. The van der Waals surface area contributed by atoms with Crippen LogP contribution in [0.2, 0.25) is 5.28 Å². The molecule has 0 unspecified atom stereocenters. The highest BCUT2D eigenvalue weighted by Crippen LogP contribution is 2.32. The maximum absolute atomic E-state index is 13.9. The van der Waals surface area contributed by atoms with Gasteiger partial charge in [-0.15, -0.1) is 0 Å². The SMILES string of the molecule is COc1cccc2c1nc(C(F)F)n2-c1nc(Cl)nc(N2CCN(C(=O)OC(C)(C)C)CC2)n1. The number of benzene rings is 1. The summed E-state index contributed by atoms with van der Waals surface area (Å²) in [6.45, 7) is 6.97. The molecule has 4 rings (SSSR count). The van der Waals surface area contributed by atoms with Gasteiger partial charge >= 0.3 is 6.09 Å². The minimum Gasteiger partial charge on any atom is -0.494 e. The molecule has 1 saturated heterocycles. The number of anilines is 1. The van der Waals surface area contributed by atoms with E-state index in [-0.39, 0.29) is 22.7 Å². The Hall–Kier alpha value is -3.28. The summed E-state index contributed by atoms with van der Waals surface area (Å²) in [5.74, 6) is -0.0707. The van der Waals surface area contributed by atoms with E-state index in [1.54, 1.807) is 48.8 Å². The first-order valence-corrected chi connectivity index (χ1v) is 10.9. The fraction of sp³-hybridized carbons (Fsp3) is 0.476. The number of ether oxygens (including phenoxy) is 2. The third kappa shape index (κ3) is 4.81. The number of fused-ring (bicyclic) bond motifs is 1. The third-order valence-corrected chi connectivity index (χ3v) is 5.26. The van der Waals surface area contributed by atoms with Crippen LogP contribution in [0.1, 0.15) is 33.0 Å². The molecule has 2 aromatic heterocycles. The summed E-state index contributed by atoms with van der Waals surface area (Å²) in [6.07, 6.45) is -3.30. The Kier molecular flexibility index (Phi) is 6.43. The fourth-order valence-corrected chi connectivity index (χ4v) is 3.75. The van der Waals surface area contributed by atoms with Gasteiger partial charge < -0.3 is 19.3 Å². The van der Waals surface area contributed by atoms with Crippen LogP contribution in [0, 0.1) is 0 Å². The van der Waals surface area contributed by atoms with Crippen LogP contribution < -0.4 is 9.64 Å². The Morgan fingerprint density at radius 2 is 1.74 bits per heavy atom. The van der Waals surface area contributed by atoms with Crippen molar-refractivity contribution in [2.75, 3.05) is 38.2 Å². The summed E-state index contributed by atoms with van der Waals surface area (Å²) in [5.41, 5.74) is 0.00531. The zero-order valence-corrected chi connectivity index (χ0v) is 19.9. The van der Waals surface area contributed by atoms with Gasteiger partial charge in [-0.2, -0.15) is 15.0 Å². The van der Waals surface area contributed by atoms with Crippen LogP contribution in [0.3, 0.4) is 0 Å². The molecular formula is C21H24ClF2N7O3. The van der Waals surface area contributed by atoms with Gasteiger partial charge in [0.2, 0.25) is 17.2 Å². The maximum Gasteiger partial charge on any atom is 0.410 e. The highest BCUT2D eigenvalue weighted by Gasteiger charge is 2.28. The van der Waals surface area contributed by atoms with Gasteiger partial charge in [-0.3, -0.25) is 4.57 Å². The number of hydrogen-bond donors (Lipinski definition) is 0. The molecule has 3 aromatic rings. The first kappa shape index (κ1) is 23.9. The quantitative estimate of drug-likeness (QED) is 0.538. The van der Waals surface area contributed by atoms with Crippen LogP contribution in [-0.4, -0.2) is 74.4 Å². The van der Waals surface area contributed by atoms with E-state index >= 15 is 0 Å². The predicted octanol–water partition coefficient (Wildman–Crippen LogP) is 3.87. The Bertz CT molecular complexity index is 1210. The number of imidazole rings is 1. The monoisotopic (exact) mass is 495 g/mol. The molecule has 0 N–H and O–H groups in total. The van der Waals surface area contributed by atoms with E-state index in [1.807, 2.05) is 0 Å². The van der Waals surface area contributed by atoms with Gasteiger partial charge in [-0.05, 0) is 44.5 Å². The number of amides is 1. The number of piperazine rings is 1. The van der Waals surface area contributed by atoms with Crippen molar-refractivity contribution in [3.63, 3.8) is 0 Å². The highest BCUT2D eigenvalue weighted by atomic mass is 35.5. The molecule has 0 saturated carbocycles. The Balaban J connectivity index is 1.65. The van der Waals surface area contributed by atoms with Crippen LogP contribution in [0.4, 0.5) is 19.5 Å². The van der Waals surface area contributed by atoms with E-state index in [1.165, 1.54) is 7.11 Å². The largest absolute Gasteiger partial charge is 0.494 e. The Labute approximate surface area is 199 Å². The Morgan fingerprint density at radius 1 is 1.06 bits per heavy atom. The molecule has 0 aliphatic carbocycles. The summed E-state index contributed by atoms with van der Waals surface area (Å²) in [6, 6.07) is 4.91. The molecule has 182 valence electrons. The van der Waals surface area contributed by atoms with E-state index in [2.05, 4.69) is 19.9 Å². The van der Waals surface area contributed by atoms with E-state index in [0.717, 1.165) is 4.57 Å². The predicted molar refractivity (Wildman–Crippen MR) is 121 cm³/mol. The van der Waals surface area contributed by atoms with E-state index in [4.69, 9.17) is 21.1 Å². The number of carbonyl (C=O) groups excluding carboxylic acids is 1. The second-order valence-corrected chi connectivity index (χ2v) is 8.93. The van der Waals surface area contributed by atoms with Crippen molar-refractivity contribution in [2.24, 2.45) is 0 Å². The lowest BCUT2D eigenvalue weighted by Gasteiger charge is -2.35. The smallest absolute Gasteiger partial charge is 0.410 e. The van der Waals surface area contributed by atoms with Crippen molar-refractivity contribution < 1.29 is 23.0 Å². The number of alkyl halides is 2. The Morgan fingerprint density at radius 3 is 2.35 bits per heavy atom. The summed E-state index contributed by atoms with van der Waals surface area (Å²) < 4.78 is 39.6. The zero-order valence-electron chi connectivity index (χ0n) is 19.1. The maximum atomic E-state index is 13.9. The van der Waals surface area contributed by atoms with Crippen molar-refractivity contribution >= 4 is 34.7 Å². The lowest BCUT2D eigenvalue weighted by Crippen LogP contribution is -2.50. The van der Waals surface area contributed by atoms with Gasteiger partial charge in [-0.1, -0.05) is 6.07 Å². The number of rotatable bonds is 4. The molecule has 0 spiro atoms. The lowest BCUT2D eigenvalue weighted by molar-refractivity contribution is 0.0240. The first-order chi connectivity index (χ1) is 16.1. The molecule has 0 atom stereocenters. The average molecular weight is 496 g/mol. The number of hydrogen-bond acceptors (Lipinski definition) is 8. The standard InChI is InChI=1S/C21H24ClF2N7O3/c1-21(2,3)34-20(32)30-10-8-29(9-11-30)18-26-17(22)27-19(28-18)31-12-6-5-7-13(33-4)14(12)25-16(31)15(23)24/h5-7,15H,8-11H2,1-4H3. The second kappa shape index (κ2) is 9.16. The average Bonchev–Trinajstić information content (AvgIpc) is 3.18. The zero-order chi connectivity index (χ0) is 24.6. The van der Waals surface area contributed by atoms with Crippen molar-refractivity contribution in [3.8, 4) is 11.7 Å². The number of halogens is 3. The highest BCUT2D eigenvalue weighted by molar-refractivity contribution is 6.28. The molecule has 10 nitrogen and oxygen atoms in total. The van der Waals surface area contributed by atoms with Gasteiger partial charge in [-0.25, -0.2) is 18.6 Å². The summed E-state index contributed by atoms with van der Waals surface area (Å²) in [7, 11) is 1.44. The van der Waals surface area contributed by atoms with Gasteiger partial charge in [0.1, 0.15) is 16.9 Å². The first-order valence-electron chi connectivity index (χ1n) is 10.6. The van der Waals surface area contributed by atoms with Gasteiger partial charge in [0.15, 0.2) is 5.82 Å². The van der Waals surface area contributed by atoms with Gasteiger partial charge in [0, 0.05) is 26.2 Å². The molecule has 3 heterocycles. The number of para-hydroxylation sites is 1. The minimum atomic E-state index is -2.89. The molecule has 1 aliphatic rings. The van der Waals surface area contributed by atoms with Crippen LogP contribution >= 0.6 is 11.6 Å². The topological polar surface area (TPSA) is 98.5 Å². The van der Waals surface area contributed by atoms with Gasteiger partial charge in [0.05, 0.1) is 12.6 Å². The third-order valence-electron chi connectivity index (χ3n) is 5.09. The number of nitrogens with zero attached hydrogens (tertiary/aromatic N) is 7. The fourth-order valence-electron chi connectivity index (χ4n) is 3.60. The molecule has 1 aliphatic heterocycles. The molecule has 1 amide bonds.